The number of nitrogens with zero attached hydrogens (tertiary/aromatic N) is 4. The fourth-order valence-electron chi connectivity index (χ4n) is 5.74. The number of hydrogen-bond donors (Lipinski definition) is 0. The van der Waals surface area contributed by atoms with Gasteiger partial charge in [0, 0.05) is 18.4 Å². The van der Waals surface area contributed by atoms with Gasteiger partial charge in [0.2, 0.25) is 5.88 Å². The first-order valence-electron chi connectivity index (χ1n) is 15.9. The highest BCUT2D eigenvalue weighted by atomic mass is 28.4. The van der Waals surface area contributed by atoms with Crippen molar-refractivity contribution in [1.29, 1.82) is 0 Å². The molecule has 9 heteroatoms. The van der Waals surface area contributed by atoms with Crippen molar-refractivity contribution in [1.82, 2.24) is 19.4 Å². The lowest BCUT2D eigenvalue weighted by atomic mass is 10.0. The van der Waals surface area contributed by atoms with Crippen LogP contribution in [-0.2, 0) is 15.8 Å². The van der Waals surface area contributed by atoms with Crippen molar-refractivity contribution in [2.75, 3.05) is 20.2 Å². The van der Waals surface area contributed by atoms with E-state index in [2.05, 4.69) is 90.5 Å². The van der Waals surface area contributed by atoms with E-state index in [-0.39, 0.29) is 29.9 Å². The number of hydrogen-bond acceptors (Lipinski definition) is 6. The molecule has 4 heterocycles. The number of benzene rings is 1. The third-order valence-electron chi connectivity index (χ3n) is 9.41. The Kier molecular flexibility index (Phi) is 9.15. The van der Waals surface area contributed by atoms with E-state index in [1.54, 1.807) is 12.0 Å². The van der Waals surface area contributed by atoms with Crippen LogP contribution in [0.5, 0.6) is 5.88 Å². The van der Waals surface area contributed by atoms with Crippen LogP contribution in [0.25, 0.3) is 22.3 Å². The summed E-state index contributed by atoms with van der Waals surface area (Å²) < 4.78 is 20.8. The molecule has 0 spiro atoms. The average molecular weight is 629 g/mol. The van der Waals surface area contributed by atoms with E-state index in [1.807, 2.05) is 30.3 Å². The van der Waals surface area contributed by atoms with Crippen molar-refractivity contribution in [3.8, 4) is 17.1 Å². The molecular weight excluding hydrogens is 581 g/mol. The van der Waals surface area contributed by atoms with Crippen LogP contribution in [0.3, 0.4) is 0 Å². The van der Waals surface area contributed by atoms with Crippen LogP contribution >= 0.6 is 0 Å². The van der Waals surface area contributed by atoms with Crippen molar-refractivity contribution in [3.63, 3.8) is 0 Å². The first kappa shape index (κ1) is 32.7. The van der Waals surface area contributed by atoms with Gasteiger partial charge in [0.1, 0.15) is 6.61 Å². The molecule has 0 bridgehead atoms. The predicted octanol–water partition coefficient (Wildman–Crippen LogP) is 8.43. The number of aryl methyl sites for hydroxylation is 2. The minimum Gasteiger partial charge on any atom is -0.480 e. The molecule has 3 aromatic heterocycles. The Morgan fingerprint density at radius 3 is 2.38 bits per heavy atom. The van der Waals surface area contributed by atoms with E-state index in [4.69, 9.17) is 23.9 Å². The molecule has 0 unspecified atom stereocenters. The molecule has 2 atom stereocenters. The Hall–Kier alpha value is -3.69. The molecule has 45 heavy (non-hydrogen) atoms. The SMILES string of the molecule is COc1nc(C(C)C)ccc1-c1nc2c(C)cn([C@@H]3CN(C(=O)OCc4ccccc4)C[C@@H]3O[Si](C)(C)C(C)(C)C)c2cc1C. The maximum Gasteiger partial charge on any atom is 0.410 e. The van der Waals surface area contributed by atoms with Crippen LogP contribution < -0.4 is 4.74 Å². The number of ether oxygens (including phenoxy) is 2. The van der Waals surface area contributed by atoms with E-state index >= 15 is 0 Å². The summed E-state index contributed by atoms with van der Waals surface area (Å²) >= 11 is 0. The van der Waals surface area contributed by atoms with Crippen LogP contribution in [0, 0.1) is 13.8 Å². The second kappa shape index (κ2) is 12.6. The van der Waals surface area contributed by atoms with Crippen LogP contribution in [0.1, 0.15) is 69.0 Å². The van der Waals surface area contributed by atoms with Gasteiger partial charge in [0.15, 0.2) is 8.32 Å². The maximum absolute atomic E-state index is 13.4. The quantitative estimate of drug-likeness (QED) is 0.182. The molecule has 1 saturated heterocycles. The van der Waals surface area contributed by atoms with Gasteiger partial charge in [-0.1, -0.05) is 65.0 Å². The van der Waals surface area contributed by atoms with E-state index < -0.39 is 8.32 Å². The second-order valence-electron chi connectivity index (χ2n) is 14.1. The summed E-state index contributed by atoms with van der Waals surface area (Å²) in [5.41, 5.74) is 7.71. The summed E-state index contributed by atoms with van der Waals surface area (Å²) in [6.07, 6.45) is 1.65. The smallest absolute Gasteiger partial charge is 0.410 e. The number of pyridine rings is 2. The molecule has 4 aromatic rings. The molecule has 1 amide bonds. The van der Waals surface area contributed by atoms with E-state index in [0.717, 1.165) is 44.7 Å². The van der Waals surface area contributed by atoms with E-state index in [0.29, 0.717) is 24.9 Å². The fourth-order valence-corrected chi connectivity index (χ4v) is 7.08. The van der Waals surface area contributed by atoms with Crippen LogP contribution in [0.4, 0.5) is 4.79 Å². The molecule has 1 aromatic carbocycles. The number of rotatable bonds is 8. The Morgan fingerprint density at radius 2 is 1.73 bits per heavy atom. The molecule has 240 valence electrons. The Labute approximate surface area is 268 Å². The van der Waals surface area contributed by atoms with Gasteiger partial charge in [-0.2, -0.15) is 0 Å². The van der Waals surface area contributed by atoms with Gasteiger partial charge in [-0.25, -0.2) is 14.8 Å². The van der Waals surface area contributed by atoms with Crippen molar-refractivity contribution in [3.05, 3.63) is 77.1 Å². The lowest BCUT2D eigenvalue weighted by Crippen LogP contribution is -2.46. The molecule has 1 fully saturated rings. The second-order valence-corrected chi connectivity index (χ2v) is 18.9. The van der Waals surface area contributed by atoms with Gasteiger partial charge in [-0.05, 0) is 72.8 Å². The first-order chi connectivity index (χ1) is 21.2. The molecule has 1 aliphatic heterocycles. The highest BCUT2D eigenvalue weighted by molar-refractivity contribution is 6.74. The molecule has 8 nitrogen and oxygen atoms in total. The molecule has 0 N–H and O–H groups in total. The summed E-state index contributed by atoms with van der Waals surface area (Å²) in [6, 6.07) is 16.0. The summed E-state index contributed by atoms with van der Waals surface area (Å²) in [5.74, 6) is 0.875. The first-order valence-corrected chi connectivity index (χ1v) is 18.8. The predicted molar refractivity (Wildman–Crippen MR) is 182 cm³/mol. The molecular formula is C36H48N4O4Si. The lowest BCUT2D eigenvalue weighted by Gasteiger charge is -2.39. The number of carbonyl (C=O) groups is 1. The van der Waals surface area contributed by atoms with Gasteiger partial charge in [-0.15, -0.1) is 0 Å². The summed E-state index contributed by atoms with van der Waals surface area (Å²) in [5, 5.41) is 0.0265. The highest BCUT2D eigenvalue weighted by Crippen LogP contribution is 2.41. The lowest BCUT2D eigenvalue weighted by molar-refractivity contribution is 0.0979. The minimum atomic E-state index is -2.16. The summed E-state index contributed by atoms with van der Waals surface area (Å²) in [6.45, 7) is 20.9. The number of fused-ring (bicyclic) bond motifs is 1. The van der Waals surface area contributed by atoms with Crippen molar-refractivity contribution >= 4 is 25.4 Å². The van der Waals surface area contributed by atoms with Gasteiger partial charge in [-0.3, -0.25) is 0 Å². The maximum atomic E-state index is 13.4. The third-order valence-corrected chi connectivity index (χ3v) is 13.9. The zero-order valence-corrected chi connectivity index (χ0v) is 29.5. The fraction of sp³-hybridized carbons (Fsp3) is 0.472. The Morgan fingerprint density at radius 1 is 1.02 bits per heavy atom. The van der Waals surface area contributed by atoms with Crippen LogP contribution in [0.2, 0.25) is 18.1 Å². The van der Waals surface area contributed by atoms with Crippen LogP contribution in [-0.4, -0.2) is 60.1 Å². The van der Waals surface area contributed by atoms with Gasteiger partial charge in [0.25, 0.3) is 0 Å². The third kappa shape index (κ3) is 6.65. The average Bonchev–Trinajstić information content (AvgIpc) is 3.54. The van der Waals surface area contributed by atoms with Crippen molar-refractivity contribution < 1.29 is 18.7 Å². The minimum absolute atomic E-state index is 0.0265. The molecule has 0 radical (unpaired) electrons. The number of aromatic nitrogens is 3. The molecule has 0 saturated carbocycles. The van der Waals surface area contributed by atoms with Gasteiger partial charge >= 0.3 is 6.09 Å². The zero-order chi connectivity index (χ0) is 32.7. The number of likely N-dealkylation sites (tertiary alicyclic amines) is 1. The number of carbonyl (C=O) groups excluding carboxylic acids is 1. The van der Waals surface area contributed by atoms with Gasteiger partial charge in [0.05, 0.1) is 48.1 Å². The Bertz CT molecular complexity index is 1680. The van der Waals surface area contributed by atoms with Crippen LogP contribution in [0.15, 0.2) is 54.7 Å². The Balaban J connectivity index is 1.51. The molecule has 5 rings (SSSR count). The highest BCUT2D eigenvalue weighted by Gasteiger charge is 2.45. The summed E-state index contributed by atoms with van der Waals surface area (Å²) in [7, 11) is -0.499. The molecule has 0 aliphatic carbocycles. The molecule has 1 aliphatic rings. The standard InChI is InChI=1S/C36H48N4O4Si/c1-23(2)28-17-16-27(34(37-28)42-8)32-24(3)18-29-33(38-32)25(4)19-40(29)30-20-39(21-31(30)44-45(9,10)36(5,6)7)35(41)43-22-26-14-12-11-13-15-26/h11-19,23,30-31H,20-22H2,1-10H3/t30-,31+/m1/s1. The summed E-state index contributed by atoms with van der Waals surface area (Å²) in [4.78, 5) is 25.1. The van der Waals surface area contributed by atoms with Gasteiger partial charge < -0.3 is 23.4 Å². The topological polar surface area (TPSA) is 78.7 Å². The van der Waals surface area contributed by atoms with Crippen molar-refractivity contribution in [2.24, 2.45) is 0 Å². The number of methoxy groups -OCH3 is 1. The normalized spacial score (nSPS) is 17.4. The zero-order valence-electron chi connectivity index (χ0n) is 28.5. The van der Waals surface area contributed by atoms with E-state index in [1.165, 1.54) is 0 Å². The monoisotopic (exact) mass is 628 g/mol. The largest absolute Gasteiger partial charge is 0.480 e. The van der Waals surface area contributed by atoms with Crippen molar-refractivity contribution in [2.45, 2.75) is 91.3 Å². The number of amides is 1. The van der Waals surface area contributed by atoms with E-state index in [9.17, 15) is 4.79 Å².